The van der Waals surface area contributed by atoms with Crippen molar-refractivity contribution in [3.8, 4) is 0 Å². The van der Waals surface area contributed by atoms with Crippen LogP contribution in [-0.2, 0) is 4.74 Å². The summed E-state index contributed by atoms with van der Waals surface area (Å²) in [6.07, 6.45) is 0.154. The molecular weight excluding hydrogens is 299 g/mol. The number of ether oxygens (including phenoxy) is 1. The van der Waals surface area contributed by atoms with Crippen molar-refractivity contribution in [2.24, 2.45) is 0 Å². The van der Waals surface area contributed by atoms with E-state index < -0.39 is 0 Å². The molecule has 1 nitrogen and oxygen atoms in total. The van der Waals surface area contributed by atoms with Gasteiger partial charge in [0.15, 0.2) is 0 Å². The molecule has 0 saturated carbocycles. The van der Waals surface area contributed by atoms with Crippen molar-refractivity contribution in [1.29, 1.82) is 0 Å². The van der Waals surface area contributed by atoms with Gasteiger partial charge in [-0.1, -0.05) is 36.4 Å². The van der Waals surface area contributed by atoms with Crippen LogP contribution >= 0.6 is 22.6 Å². The van der Waals surface area contributed by atoms with E-state index in [1.54, 1.807) is 7.11 Å². The summed E-state index contributed by atoms with van der Waals surface area (Å²) >= 11 is 2.40. The summed E-state index contributed by atoms with van der Waals surface area (Å²) in [6.45, 7) is 2.08. The molecule has 2 rings (SSSR count). The fourth-order valence-electron chi connectivity index (χ4n) is 1.69. The minimum atomic E-state index is 0.154. The molecule has 0 amide bonds. The van der Waals surface area contributed by atoms with E-state index in [4.69, 9.17) is 4.74 Å². The molecule has 0 saturated heterocycles. The molecule has 15 heavy (non-hydrogen) atoms. The Kier molecular flexibility index (Phi) is 3.26. The molecule has 0 aliphatic carbocycles. The zero-order chi connectivity index (χ0) is 10.8. The highest BCUT2D eigenvalue weighted by Gasteiger charge is 2.10. The molecule has 0 aromatic heterocycles. The van der Waals surface area contributed by atoms with Crippen LogP contribution in [0.25, 0.3) is 10.8 Å². The van der Waals surface area contributed by atoms with E-state index in [0.717, 1.165) is 0 Å². The number of methoxy groups -OCH3 is 1. The number of benzene rings is 2. The fourth-order valence-corrected chi connectivity index (χ4v) is 2.80. The zero-order valence-corrected chi connectivity index (χ0v) is 11.0. The van der Waals surface area contributed by atoms with Gasteiger partial charge in [0.1, 0.15) is 0 Å². The summed E-state index contributed by atoms with van der Waals surface area (Å²) in [7, 11) is 1.75. The Bertz CT molecular complexity index is 479. The Labute approximate surface area is 104 Å². The van der Waals surface area contributed by atoms with Gasteiger partial charge in [-0.05, 0) is 45.9 Å². The highest BCUT2D eigenvalue weighted by molar-refractivity contribution is 14.1. The zero-order valence-electron chi connectivity index (χ0n) is 8.83. The summed E-state index contributed by atoms with van der Waals surface area (Å²) in [5.74, 6) is 0. The lowest BCUT2D eigenvalue weighted by Crippen LogP contribution is -1.98. The molecule has 2 aromatic carbocycles. The van der Waals surface area contributed by atoms with Crippen LogP contribution in [0, 0.1) is 3.57 Å². The van der Waals surface area contributed by atoms with Crippen molar-refractivity contribution in [2.75, 3.05) is 7.11 Å². The Hall–Kier alpha value is -0.610. The van der Waals surface area contributed by atoms with Gasteiger partial charge in [-0.3, -0.25) is 0 Å². The molecule has 2 heteroatoms. The van der Waals surface area contributed by atoms with Crippen LogP contribution in [0.1, 0.15) is 18.6 Å². The van der Waals surface area contributed by atoms with Gasteiger partial charge in [-0.2, -0.15) is 0 Å². The van der Waals surface area contributed by atoms with Gasteiger partial charge in [0.05, 0.1) is 6.10 Å². The van der Waals surface area contributed by atoms with Crippen molar-refractivity contribution in [2.45, 2.75) is 13.0 Å². The van der Waals surface area contributed by atoms with Crippen molar-refractivity contribution < 1.29 is 4.74 Å². The van der Waals surface area contributed by atoms with Gasteiger partial charge in [0.2, 0.25) is 0 Å². The summed E-state index contributed by atoms with van der Waals surface area (Å²) in [4.78, 5) is 0. The molecule has 0 aliphatic rings. The van der Waals surface area contributed by atoms with Gasteiger partial charge in [-0.25, -0.2) is 0 Å². The van der Waals surface area contributed by atoms with E-state index in [9.17, 15) is 0 Å². The first kappa shape index (κ1) is 10.9. The van der Waals surface area contributed by atoms with Crippen LogP contribution in [-0.4, -0.2) is 7.11 Å². The standard InChI is InChI=1S/C13H13IO/c1-9(15-2)11-8-7-10-5-3-4-6-12(10)13(11)14/h3-9H,1-2H3/t9-/m0/s1. The number of hydrogen-bond donors (Lipinski definition) is 0. The molecular formula is C13H13IO. The van der Waals surface area contributed by atoms with Crippen molar-refractivity contribution in [1.82, 2.24) is 0 Å². The molecule has 1 atom stereocenters. The number of hydrogen-bond acceptors (Lipinski definition) is 1. The quantitative estimate of drug-likeness (QED) is 0.757. The van der Waals surface area contributed by atoms with Crippen molar-refractivity contribution in [3.05, 3.63) is 45.5 Å². The first-order chi connectivity index (χ1) is 7.24. The van der Waals surface area contributed by atoms with Crippen LogP contribution < -0.4 is 0 Å². The Morgan fingerprint density at radius 1 is 1.13 bits per heavy atom. The Morgan fingerprint density at radius 2 is 1.87 bits per heavy atom. The smallest absolute Gasteiger partial charge is 0.0803 e. The Morgan fingerprint density at radius 3 is 2.60 bits per heavy atom. The van der Waals surface area contributed by atoms with Gasteiger partial charge < -0.3 is 4.74 Å². The predicted molar refractivity (Wildman–Crippen MR) is 72.1 cm³/mol. The molecule has 78 valence electrons. The first-order valence-electron chi connectivity index (χ1n) is 4.94. The van der Waals surface area contributed by atoms with E-state index in [2.05, 4.69) is 65.9 Å². The van der Waals surface area contributed by atoms with Crippen LogP contribution in [0.5, 0.6) is 0 Å². The second kappa shape index (κ2) is 4.49. The molecule has 0 unspecified atom stereocenters. The molecule has 2 aromatic rings. The van der Waals surface area contributed by atoms with Crippen LogP contribution in [0.15, 0.2) is 36.4 Å². The maximum Gasteiger partial charge on any atom is 0.0803 e. The lowest BCUT2D eigenvalue weighted by molar-refractivity contribution is 0.119. The molecule has 0 bridgehead atoms. The maximum absolute atomic E-state index is 5.36. The summed E-state index contributed by atoms with van der Waals surface area (Å²) < 4.78 is 6.65. The Balaban J connectivity index is 2.65. The van der Waals surface area contributed by atoms with E-state index >= 15 is 0 Å². The number of halogens is 1. The first-order valence-corrected chi connectivity index (χ1v) is 6.02. The second-order valence-electron chi connectivity index (χ2n) is 3.57. The fraction of sp³-hybridized carbons (Fsp3) is 0.231. The minimum Gasteiger partial charge on any atom is -0.377 e. The van der Waals surface area contributed by atoms with Crippen LogP contribution in [0.2, 0.25) is 0 Å². The summed E-state index contributed by atoms with van der Waals surface area (Å²) in [5.41, 5.74) is 1.26. The topological polar surface area (TPSA) is 9.23 Å². The third kappa shape index (κ3) is 2.01. The van der Waals surface area contributed by atoms with Crippen LogP contribution in [0.3, 0.4) is 0 Å². The van der Waals surface area contributed by atoms with E-state index in [-0.39, 0.29) is 6.10 Å². The largest absolute Gasteiger partial charge is 0.377 e. The third-order valence-electron chi connectivity index (χ3n) is 2.68. The van der Waals surface area contributed by atoms with Gasteiger partial charge >= 0.3 is 0 Å². The monoisotopic (exact) mass is 312 g/mol. The number of fused-ring (bicyclic) bond motifs is 1. The van der Waals surface area contributed by atoms with Gasteiger partial charge in [0, 0.05) is 10.7 Å². The van der Waals surface area contributed by atoms with Crippen molar-refractivity contribution >= 4 is 33.4 Å². The van der Waals surface area contributed by atoms with Gasteiger partial charge in [0.25, 0.3) is 0 Å². The maximum atomic E-state index is 5.36. The lowest BCUT2D eigenvalue weighted by Gasteiger charge is -2.13. The van der Waals surface area contributed by atoms with E-state index in [1.165, 1.54) is 19.9 Å². The van der Waals surface area contributed by atoms with Crippen LogP contribution in [0.4, 0.5) is 0 Å². The van der Waals surface area contributed by atoms with Crippen molar-refractivity contribution in [3.63, 3.8) is 0 Å². The summed E-state index contributed by atoms with van der Waals surface area (Å²) in [6, 6.07) is 12.7. The normalized spacial score (nSPS) is 13.0. The predicted octanol–water partition coefficient (Wildman–Crippen LogP) is 4.15. The second-order valence-corrected chi connectivity index (χ2v) is 4.65. The molecule has 0 heterocycles. The van der Waals surface area contributed by atoms with Gasteiger partial charge in [-0.15, -0.1) is 0 Å². The SMILES string of the molecule is CO[C@@H](C)c1ccc2ccccc2c1I. The molecule has 0 N–H and O–H groups in total. The minimum absolute atomic E-state index is 0.154. The van der Waals surface area contributed by atoms with E-state index in [0.29, 0.717) is 0 Å². The highest BCUT2D eigenvalue weighted by atomic mass is 127. The molecule has 0 fully saturated rings. The molecule has 0 aliphatic heterocycles. The molecule has 0 spiro atoms. The average Bonchev–Trinajstić information content (AvgIpc) is 2.29. The number of rotatable bonds is 2. The highest BCUT2D eigenvalue weighted by Crippen LogP contribution is 2.29. The summed E-state index contributed by atoms with van der Waals surface area (Å²) in [5, 5.41) is 2.59. The van der Waals surface area contributed by atoms with E-state index in [1.807, 2.05) is 0 Å². The third-order valence-corrected chi connectivity index (χ3v) is 3.89. The average molecular weight is 312 g/mol. The lowest BCUT2D eigenvalue weighted by atomic mass is 10.0. The molecule has 0 radical (unpaired) electrons.